The molecule has 1 aromatic carbocycles. The van der Waals surface area contributed by atoms with Crippen LogP contribution in [0.2, 0.25) is 0 Å². The molecule has 0 unspecified atom stereocenters. The Labute approximate surface area is 115 Å². The van der Waals surface area contributed by atoms with Gasteiger partial charge in [0.05, 0.1) is 12.0 Å². The highest BCUT2D eigenvalue weighted by atomic mass is 79.9. The average Bonchev–Trinajstić information content (AvgIpc) is 2.78. The normalized spacial score (nSPS) is 14.5. The molecule has 1 aliphatic carbocycles. The molecule has 0 amide bonds. The molecule has 4 heteroatoms. The van der Waals surface area contributed by atoms with E-state index in [2.05, 4.69) is 31.5 Å². The number of hydrogen-bond acceptors (Lipinski definition) is 2. The molecule has 0 aliphatic heterocycles. The number of rotatable bonds is 2. The first-order valence-corrected chi connectivity index (χ1v) is 7.10. The summed E-state index contributed by atoms with van der Waals surface area (Å²) in [6, 6.07) is 6.14. The Hall–Kier alpha value is -1.29. The van der Waals surface area contributed by atoms with E-state index in [-0.39, 0.29) is 0 Å². The topological polar surface area (TPSA) is 43.8 Å². The zero-order chi connectivity index (χ0) is 12.5. The molecule has 3 rings (SSSR count). The van der Waals surface area contributed by atoms with Gasteiger partial charge < -0.3 is 10.3 Å². The summed E-state index contributed by atoms with van der Waals surface area (Å²) in [7, 11) is 0. The number of nitrogens with two attached hydrogens (primary N) is 1. The summed E-state index contributed by atoms with van der Waals surface area (Å²) in [6.07, 6.45) is 6.80. The standard InChI is InChI=1S/C14H16BrN3/c15-11-6-5-10(7-12(11)16)8-18-9-17-13-3-1-2-4-14(13)18/h5-7,9H,1-4,8,16H2. The van der Waals surface area contributed by atoms with E-state index in [0.717, 1.165) is 29.5 Å². The van der Waals surface area contributed by atoms with Crippen molar-refractivity contribution in [3.05, 3.63) is 46.0 Å². The molecule has 0 atom stereocenters. The maximum Gasteiger partial charge on any atom is 0.0954 e. The number of aromatic nitrogens is 2. The minimum atomic E-state index is 0.793. The number of nitrogen functional groups attached to an aromatic ring is 1. The third-order valence-electron chi connectivity index (χ3n) is 3.52. The van der Waals surface area contributed by atoms with Gasteiger partial charge in [-0.1, -0.05) is 6.07 Å². The van der Waals surface area contributed by atoms with Crippen LogP contribution in [0.3, 0.4) is 0 Å². The molecular formula is C14H16BrN3. The Morgan fingerprint density at radius 1 is 1.28 bits per heavy atom. The molecule has 0 spiro atoms. The molecule has 18 heavy (non-hydrogen) atoms. The number of imidazole rings is 1. The largest absolute Gasteiger partial charge is 0.398 e. The van der Waals surface area contributed by atoms with Crippen LogP contribution in [-0.2, 0) is 19.4 Å². The molecule has 0 radical (unpaired) electrons. The number of aryl methyl sites for hydroxylation is 1. The lowest BCUT2D eigenvalue weighted by Crippen LogP contribution is -2.09. The fourth-order valence-electron chi connectivity index (χ4n) is 2.56. The van der Waals surface area contributed by atoms with Crippen LogP contribution >= 0.6 is 15.9 Å². The molecule has 2 aromatic rings. The molecule has 0 fully saturated rings. The van der Waals surface area contributed by atoms with Crippen molar-refractivity contribution in [3.8, 4) is 0 Å². The fraction of sp³-hybridized carbons (Fsp3) is 0.357. The third kappa shape index (κ3) is 2.17. The quantitative estimate of drug-likeness (QED) is 0.866. The lowest BCUT2D eigenvalue weighted by molar-refractivity contribution is 0.628. The van der Waals surface area contributed by atoms with Gasteiger partial charge in [-0.25, -0.2) is 4.98 Å². The van der Waals surface area contributed by atoms with Gasteiger partial charge in [0, 0.05) is 22.4 Å². The first-order chi connectivity index (χ1) is 8.74. The van der Waals surface area contributed by atoms with Crippen molar-refractivity contribution in [3.63, 3.8) is 0 Å². The average molecular weight is 306 g/mol. The maximum atomic E-state index is 5.92. The number of anilines is 1. The van der Waals surface area contributed by atoms with E-state index in [0.29, 0.717) is 0 Å². The van der Waals surface area contributed by atoms with Crippen LogP contribution < -0.4 is 5.73 Å². The van der Waals surface area contributed by atoms with Gasteiger partial charge in [-0.3, -0.25) is 0 Å². The van der Waals surface area contributed by atoms with E-state index < -0.39 is 0 Å². The van der Waals surface area contributed by atoms with Crippen molar-refractivity contribution in [2.75, 3.05) is 5.73 Å². The van der Waals surface area contributed by atoms with Gasteiger partial charge in [0.15, 0.2) is 0 Å². The number of fused-ring (bicyclic) bond motifs is 1. The van der Waals surface area contributed by atoms with Crippen LogP contribution in [-0.4, -0.2) is 9.55 Å². The van der Waals surface area contributed by atoms with Gasteiger partial charge in [-0.15, -0.1) is 0 Å². The second-order valence-corrected chi connectivity index (χ2v) is 5.68. The number of benzene rings is 1. The van der Waals surface area contributed by atoms with Gasteiger partial charge in [-0.05, 0) is 59.3 Å². The Kier molecular flexibility index (Phi) is 3.12. The summed E-state index contributed by atoms with van der Waals surface area (Å²) in [6.45, 7) is 0.861. The molecular weight excluding hydrogens is 290 g/mol. The van der Waals surface area contributed by atoms with E-state index in [9.17, 15) is 0 Å². The molecule has 2 N–H and O–H groups in total. The van der Waals surface area contributed by atoms with E-state index in [1.54, 1.807) is 0 Å². The predicted octanol–water partition coefficient (Wildman–Crippen LogP) is 3.15. The van der Waals surface area contributed by atoms with Crippen LogP contribution in [0.25, 0.3) is 0 Å². The summed E-state index contributed by atoms with van der Waals surface area (Å²) < 4.78 is 3.22. The second-order valence-electron chi connectivity index (χ2n) is 4.83. The smallest absolute Gasteiger partial charge is 0.0954 e. The van der Waals surface area contributed by atoms with Gasteiger partial charge in [0.25, 0.3) is 0 Å². The highest BCUT2D eigenvalue weighted by Gasteiger charge is 2.15. The zero-order valence-corrected chi connectivity index (χ0v) is 11.8. The summed E-state index contributed by atoms with van der Waals surface area (Å²) >= 11 is 3.42. The molecule has 1 heterocycles. The number of nitrogens with zero attached hydrogens (tertiary/aromatic N) is 2. The van der Waals surface area contributed by atoms with E-state index >= 15 is 0 Å². The van der Waals surface area contributed by atoms with Crippen molar-refractivity contribution >= 4 is 21.6 Å². The summed E-state index contributed by atoms with van der Waals surface area (Å²) in [4.78, 5) is 4.52. The van der Waals surface area contributed by atoms with E-state index in [1.807, 2.05) is 18.5 Å². The van der Waals surface area contributed by atoms with E-state index in [4.69, 9.17) is 5.73 Å². The first kappa shape index (κ1) is 11.8. The summed E-state index contributed by atoms with van der Waals surface area (Å²) in [5.74, 6) is 0. The number of halogens is 1. The lowest BCUT2D eigenvalue weighted by Gasteiger charge is -2.14. The van der Waals surface area contributed by atoms with Crippen molar-refractivity contribution < 1.29 is 0 Å². The third-order valence-corrected chi connectivity index (χ3v) is 4.25. The predicted molar refractivity (Wildman–Crippen MR) is 76.5 cm³/mol. The molecule has 1 aromatic heterocycles. The summed E-state index contributed by atoms with van der Waals surface area (Å²) in [5, 5.41) is 0. The van der Waals surface area contributed by atoms with Gasteiger partial charge in [-0.2, -0.15) is 0 Å². The highest BCUT2D eigenvalue weighted by molar-refractivity contribution is 9.10. The molecule has 0 saturated carbocycles. The van der Waals surface area contributed by atoms with Crippen molar-refractivity contribution in [2.24, 2.45) is 0 Å². The Balaban J connectivity index is 1.88. The maximum absolute atomic E-state index is 5.92. The van der Waals surface area contributed by atoms with Crippen molar-refractivity contribution in [1.29, 1.82) is 0 Å². The van der Waals surface area contributed by atoms with Crippen molar-refractivity contribution in [1.82, 2.24) is 9.55 Å². The van der Waals surface area contributed by atoms with Crippen LogP contribution in [0.1, 0.15) is 29.8 Å². The Bertz CT molecular complexity index is 574. The molecule has 94 valence electrons. The first-order valence-electron chi connectivity index (χ1n) is 6.31. The van der Waals surface area contributed by atoms with Crippen LogP contribution in [0.4, 0.5) is 5.69 Å². The van der Waals surface area contributed by atoms with E-state index in [1.165, 1.54) is 29.8 Å². The Morgan fingerprint density at radius 2 is 2.11 bits per heavy atom. The minimum absolute atomic E-state index is 0.793. The van der Waals surface area contributed by atoms with Crippen LogP contribution in [0.5, 0.6) is 0 Å². The molecule has 3 nitrogen and oxygen atoms in total. The van der Waals surface area contributed by atoms with Gasteiger partial charge in [0.2, 0.25) is 0 Å². The van der Waals surface area contributed by atoms with Crippen LogP contribution in [0.15, 0.2) is 29.0 Å². The lowest BCUT2D eigenvalue weighted by atomic mass is 10.0. The Morgan fingerprint density at radius 3 is 2.94 bits per heavy atom. The molecule has 0 bridgehead atoms. The van der Waals surface area contributed by atoms with Gasteiger partial charge >= 0.3 is 0 Å². The fourth-order valence-corrected chi connectivity index (χ4v) is 2.80. The minimum Gasteiger partial charge on any atom is -0.398 e. The van der Waals surface area contributed by atoms with Crippen molar-refractivity contribution in [2.45, 2.75) is 32.2 Å². The zero-order valence-electron chi connectivity index (χ0n) is 10.2. The monoisotopic (exact) mass is 305 g/mol. The SMILES string of the molecule is Nc1cc(Cn2cnc3c2CCCC3)ccc1Br. The van der Waals surface area contributed by atoms with Gasteiger partial charge in [0.1, 0.15) is 0 Å². The molecule has 0 saturated heterocycles. The number of hydrogen-bond donors (Lipinski definition) is 1. The van der Waals surface area contributed by atoms with Crippen LogP contribution in [0, 0.1) is 0 Å². The highest BCUT2D eigenvalue weighted by Crippen LogP contribution is 2.23. The molecule has 1 aliphatic rings. The summed E-state index contributed by atoms with van der Waals surface area (Å²) in [5.41, 5.74) is 10.6. The second kappa shape index (κ2) is 4.76.